The van der Waals surface area contributed by atoms with E-state index in [0.29, 0.717) is 5.96 Å². The number of aliphatic imine (C=N–C) groups is 1. The lowest BCUT2D eigenvalue weighted by Crippen LogP contribution is -2.39. The predicted molar refractivity (Wildman–Crippen MR) is 98.6 cm³/mol. The van der Waals surface area contributed by atoms with E-state index in [4.69, 9.17) is 4.42 Å². The second kappa shape index (κ2) is 8.71. The van der Waals surface area contributed by atoms with Gasteiger partial charge in [0.2, 0.25) is 0 Å². The van der Waals surface area contributed by atoms with Crippen molar-refractivity contribution in [3.8, 4) is 0 Å². The van der Waals surface area contributed by atoms with E-state index in [2.05, 4.69) is 20.6 Å². The van der Waals surface area contributed by atoms with Gasteiger partial charge in [-0.2, -0.15) is 0 Å². The van der Waals surface area contributed by atoms with Crippen LogP contribution in [0, 0.1) is 13.8 Å². The molecule has 7 nitrogen and oxygen atoms in total. The summed E-state index contributed by atoms with van der Waals surface area (Å²) in [6, 6.07) is 1.87. The Bertz CT molecular complexity index is 674. The van der Waals surface area contributed by atoms with E-state index < -0.39 is 5.60 Å². The first-order valence-corrected chi connectivity index (χ1v) is 8.70. The van der Waals surface area contributed by atoms with Crippen LogP contribution in [-0.2, 0) is 12.1 Å². The average Bonchev–Trinajstić information content (AvgIpc) is 3.18. The molecule has 0 aliphatic carbocycles. The number of hydrogen-bond acceptors (Lipinski definition) is 4. The summed E-state index contributed by atoms with van der Waals surface area (Å²) in [4.78, 5) is 8.56. The molecule has 0 spiro atoms. The molecule has 0 amide bonds. The van der Waals surface area contributed by atoms with Crippen molar-refractivity contribution in [2.24, 2.45) is 4.99 Å². The van der Waals surface area contributed by atoms with Crippen LogP contribution in [0.2, 0.25) is 0 Å². The molecular weight excluding hydrogens is 318 g/mol. The van der Waals surface area contributed by atoms with E-state index in [1.807, 2.05) is 43.9 Å². The smallest absolute Gasteiger partial charge is 0.191 e. The van der Waals surface area contributed by atoms with Gasteiger partial charge in [0.15, 0.2) is 5.96 Å². The maximum absolute atomic E-state index is 10.8. The summed E-state index contributed by atoms with van der Waals surface area (Å²) in [5.41, 5.74) is -0.286. The molecule has 1 atom stereocenters. The van der Waals surface area contributed by atoms with Gasteiger partial charge in [0.05, 0.1) is 12.9 Å². The molecule has 0 aliphatic heterocycles. The van der Waals surface area contributed by atoms with Gasteiger partial charge in [-0.05, 0) is 40.2 Å². The SMILES string of the molecule is CCNC(=NCC(C)(O)c1cc(C)oc1C)NCCCn1ccnc1. The number of furan rings is 1. The zero-order chi connectivity index (χ0) is 18.3. The van der Waals surface area contributed by atoms with Gasteiger partial charge in [-0.1, -0.05) is 0 Å². The van der Waals surface area contributed by atoms with Crippen molar-refractivity contribution in [3.05, 3.63) is 41.9 Å². The summed E-state index contributed by atoms with van der Waals surface area (Å²) < 4.78 is 7.57. The molecule has 25 heavy (non-hydrogen) atoms. The Kier molecular flexibility index (Phi) is 6.64. The summed E-state index contributed by atoms with van der Waals surface area (Å²) in [5, 5.41) is 17.3. The Morgan fingerprint density at radius 1 is 1.40 bits per heavy atom. The Hall–Kier alpha value is -2.28. The number of aryl methyl sites for hydroxylation is 3. The summed E-state index contributed by atoms with van der Waals surface area (Å²) in [7, 11) is 0. The fourth-order valence-corrected chi connectivity index (χ4v) is 2.71. The second-order valence-electron chi connectivity index (χ2n) is 6.38. The van der Waals surface area contributed by atoms with Crippen LogP contribution in [0.3, 0.4) is 0 Å². The number of aromatic nitrogens is 2. The van der Waals surface area contributed by atoms with E-state index in [9.17, 15) is 5.11 Å². The molecule has 0 saturated carbocycles. The summed E-state index contributed by atoms with van der Waals surface area (Å²) in [5.74, 6) is 2.23. The van der Waals surface area contributed by atoms with Crippen LogP contribution in [-0.4, -0.2) is 40.3 Å². The molecule has 2 rings (SSSR count). The molecule has 0 saturated heterocycles. The monoisotopic (exact) mass is 347 g/mol. The van der Waals surface area contributed by atoms with Gasteiger partial charge in [-0.3, -0.25) is 0 Å². The van der Waals surface area contributed by atoms with Crippen molar-refractivity contribution in [1.82, 2.24) is 20.2 Å². The largest absolute Gasteiger partial charge is 0.466 e. The van der Waals surface area contributed by atoms with Crippen molar-refractivity contribution in [1.29, 1.82) is 0 Å². The summed E-state index contributed by atoms with van der Waals surface area (Å²) in [6.07, 6.45) is 6.50. The number of nitrogens with one attached hydrogen (secondary N) is 2. The van der Waals surface area contributed by atoms with Crippen LogP contribution < -0.4 is 10.6 Å². The lowest BCUT2D eigenvalue weighted by atomic mass is 9.96. The van der Waals surface area contributed by atoms with E-state index in [-0.39, 0.29) is 6.54 Å². The number of guanidine groups is 1. The van der Waals surface area contributed by atoms with E-state index >= 15 is 0 Å². The van der Waals surface area contributed by atoms with Crippen LogP contribution in [0.4, 0.5) is 0 Å². The molecule has 0 aromatic carbocycles. The second-order valence-corrected chi connectivity index (χ2v) is 6.38. The third-order valence-electron chi connectivity index (χ3n) is 3.96. The summed E-state index contributed by atoms with van der Waals surface area (Å²) in [6.45, 7) is 10.2. The topological polar surface area (TPSA) is 87.6 Å². The quantitative estimate of drug-likeness (QED) is 0.386. The first-order valence-electron chi connectivity index (χ1n) is 8.70. The van der Waals surface area contributed by atoms with Crippen LogP contribution in [0.25, 0.3) is 0 Å². The highest BCUT2D eigenvalue weighted by molar-refractivity contribution is 5.79. The van der Waals surface area contributed by atoms with E-state index in [1.165, 1.54) is 0 Å². The predicted octanol–water partition coefficient (Wildman–Crippen LogP) is 1.95. The molecule has 2 heterocycles. The molecule has 138 valence electrons. The number of hydrogen-bond donors (Lipinski definition) is 3. The highest BCUT2D eigenvalue weighted by Gasteiger charge is 2.27. The zero-order valence-electron chi connectivity index (χ0n) is 15.5. The first-order chi connectivity index (χ1) is 11.9. The van der Waals surface area contributed by atoms with Gasteiger partial charge in [0.1, 0.15) is 17.1 Å². The third-order valence-corrected chi connectivity index (χ3v) is 3.96. The molecule has 2 aromatic rings. The molecular formula is C18H29N5O2. The Balaban J connectivity index is 1.90. The fourth-order valence-electron chi connectivity index (χ4n) is 2.71. The molecule has 1 unspecified atom stereocenters. The van der Waals surface area contributed by atoms with Gasteiger partial charge < -0.3 is 24.7 Å². The Labute approximate surface area is 149 Å². The zero-order valence-corrected chi connectivity index (χ0v) is 15.5. The average molecular weight is 347 g/mol. The number of aliphatic hydroxyl groups is 1. The molecule has 0 aliphatic rings. The maximum Gasteiger partial charge on any atom is 0.191 e. The molecule has 0 radical (unpaired) electrons. The van der Waals surface area contributed by atoms with Gasteiger partial charge in [-0.25, -0.2) is 9.98 Å². The molecule has 2 aromatic heterocycles. The lowest BCUT2D eigenvalue weighted by Gasteiger charge is -2.21. The number of rotatable bonds is 8. The van der Waals surface area contributed by atoms with Crippen molar-refractivity contribution < 1.29 is 9.52 Å². The summed E-state index contributed by atoms with van der Waals surface area (Å²) >= 11 is 0. The standard InChI is InChI=1S/C18H29N5O2/c1-5-20-17(21-7-6-9-23-10-8-19-13-23)22-12-18(4,24)16-11-14(2)25-15(16)3/h8,10-11,13,24H,5-7,9,12H2,1-4H3,(H2,20,21,22). The molecule has 0 bridgehead atoms. The third kappa shape index (κ3) is 5.63. The van der Waals surface area contributed by atoms with Crippen LogP contribution >= 0.6 is 0 Å². The van der Waals surface area contributed by atoms with Crippen molar-refractivity contribution in [3.63, 3.8) is 0 Å². The fraction of sp³-hybridized carbons (Fsp3) is 0.556. The minimum atomic E-state index is -1.07. The van der Waals surface area contributed by atoms with Gasteiger partial charge in [-0.15, -0.1) is 0 Å². The van der Waals surface area contributed by atoms with Gasteiger partial charge in [0, 0.05) is 37.6 Å². The lowest BCUT2D eigenvalue weighted by molar-refractivity contribution is 0.0657. The normalized spacial score (nSPS) is 14.4. The van der Waals surface area contributed by atoms with Crippen LogP contribution in [0.1, 0.15) is 37.4 Å². The molecule has 3 N–H and O–H groups in total. The van der Waals surface area contributed by atoms with E-state index in [1.54, 1.807) is 13.1 Å². The Morgan fingerprint density at radius 3 is 2.80 bits per heavy atom. The van der Waals surface area contributed by atoms with Crippen LogP contribution in [0.5, 0.6) is 0 Å². The molecule has 7 heteroatoms. The number of imidazole rings is 1. The van der Waals surface area contributed by atoms with Crippen molar-refractivity contribution in [2.75, 3.05) is 19.6 Å². The Morgan fingerprint density at radius 2 is 2.20 bits per heavy atom. The van der Waals surface area contributed by atoms with E-state index in [0.717, 1.165) is 43.1 Å². The molecule has 0 fully saturated rings. The number of nitrogens with zero attached hydrogens (tertiary/aromatic N) is 3. The van der Waals surface area contributed by atoms with Crippen molar-refractivity contribution >= 4 is 5.96 Å². The minimum absolute atomic E-state index is 0.254. The minimum Gasteiger partial charge on any atom is -0.466 e. The van der Waals surface area contributed by atoms with Crippen molar-refractivity contribution in [2.45, 2.75) is 46.3 Å². The van der Waals surface area contributed by atoms with Crippen LogP contribution in [0.15, 0.2) is 34.2 Å². The highest BCUT2D eigenvalue weighted by atomic mass is 16.3. The van der Waals surface area contributed by atoms with Gasteiger partial charge >= 0.3 is 0 Å². The van der Waals surface area contributed by atoms with Gasteiger partial charge in [0.25, 0.3) is 0 Å². The highest BCUT2D eigenvalue weighted by Crippen LogP contribution is 2.27. The maximum atomic E-state index is 10.8. The first kappa shape index (κ1) is 19.1.